The van der Waals surface area contributed by atoms with Gasteiger partial charge in [0.2, 0.25) is 5.91 Å². The summed E-state index contributed by atoms with van der Waals surface area (Å²) in [6, 6.07) is 0.185. The Morgan fingerprint density at radius 3 is 2.11 bits per heavy atom. The van der Waals surface area contributed by atoms with E-state index in [1.807, 2.05) is 32.6 Å². The number of aliphatic carboxylic acids is 1. The van der Waals surface area contributed by atoms with E-state index in [9.17, 15) is 9.59 Å². The lowest BCUT2D eigenvalue weighted by atomic mass is 10.2. The van der Waals surface area contributed by atoms with Crippen molar-refractivity contribution in [3.8, 4) is 0 Å². The highest BCUT2D eigenvalue weighted by Crippen LogP contribution is 2.03. The maximum Gasteiger partial charge on any atom is 0.317 e. The summed E-state index contributed by atoms with van der Waals surface area (Å²) in [7, 11) is 0. The first-order chi connectivity index (χ1) is 8.42. The molecule has 0 unspecified atom stereocenters. The molecular formula is C13H26N2O3. The molecule has 0 saturated carbocycles. The zero-order valence-electron chi connectivity index (χ0n) is 12.0. The number of carboxylic acids is 1. The molecule has 0 radical (unpaired) electrons. The molecule has 0 aliphatic carbocycles. The van der Waals surface area contributed by atoms with Crippen molar-refractivity contribution in [3.63, 3.8) is 0 Å². The highest BCUT2D eigenvalue weighted by Gasteiger charge is 2.14. The minimum absolute atomic E-state index is 0.0388. The molecule has 0 heterocycles. The minimum atomic E-state index is -0.821. The van der Waals surface area contributed by atoms with E-state index in [1.54, 1.807) is 4.90 Å². The van der Waals surface area contributed by atoms with Gasteiger partial charge >= 0.3 is 5.97 Å². The molecule has 0 saturated heterocycles. The monoisotopic (exact) mass is 258 g/mol. The third kappa shape index (κ3) is 6.59. The van der Waals surface area contributed by atoms with Crippen LogP contribution >= 0.6 is 0 Å². The van der Waals surface area contributed by atoms with E-state index < -0.39 is 5.97 Å². The van der Waals surface area contributed by atoms with Crippen LogP contribution in [-0.2, 0) is 9.59 Å². The molecule has 0 aromatic heterocycles. The fraction of sp³-hybridized carbons (Fsp3) is 0.846. The predicted octanol–water partition coefficient (Wildman–Crippen LogP) is 1.43. The lowest BCUT2D eigenvalue weighted by Crippen LogP contribution is -2.37. The molecule has 106 valence electrons. The Kier molecular flexibility index (Phi) is 8.37. The van der Waals surface area contributed by atoms with Crippen molar-refractivity contribution in [2.75, 3.05) is 26.2 Å². The molecule has 0 aromatic carbocycles. The molecule has 18 heavy (non-hydrogen) atoms. The van der Waals surface area contributed by atoms with Crippen LogP contribution in [0.25, 0.3) is 0 Å². The second kappa shape index (κ2) is 8.91. The average Bonchev–Trinajstić information content (AvgIpc) is 2.28. The van der Waals surface area contributed by atoms with Crippen molar-refractivity contribution in [2.45, 2.75) is 46.6 Å². The maximum absolute atomic E-state index is 11.8. The van der Waals surface area contributed by atoms with Gasteiger partial charge in [-0.15, -0.1) is 0 Å². The molecule has 0 fully saturated rings. The van der Waals surface area contributed by atoms with Crippen LogP contribution in [0.2, 0.25) is 0 Å². The average molecular weight is 258 g/mol. The van der Waals surface area contributed by atoms with Crippen LogP contribution in [0, 0.1) is 0 Å². The van der Waals surface area contributed by atoms with Crippen LogP contribution in [-0.4, -0.2) is 59.0 Å². The number of carbonyl (C=O) groups excluding carboxylic acids is 1. The molecule has 0 spiro atoms. The van der Waals surface area contributed by atoms with E-state index in [0.717, 1.165) is 13.1 Å². The van der Waals surface area contributed by atoms with Crippen LogP contribution in [0.5, 0.6) is 0 Å². The van der Waals surface area contributed by atoms with Crippen molar-refractivity contribution in [1.29, 1.82) is 0 Å². The molecule has 1 amide bonds. The second-order valence-electron chi connectivity index (χ2n) is 4.63. The zero-order valence-corrected chi connectivity index (χ0v) is 12.0. The minimum Gasteiger partial charge on any atom is -0.480 e. The number of hydrogen-bond acceptors (Lipinski definition) is 3. The van der Waals surface area contributed by atoms with Crippen LogP contribution < -0.4 is 0 Å². The Morgan fingerprint density at radius 1 is 1.17 bits per heavy atom. The molecule has 0 aromatic rings. The van der Waals surface area contributed by atoms with Crippen molar-refractivity contribution < 1.29 is 14.7 Å². The molecule has 0 bridgehead atoms. The van der Waals surface area contributed by atoms with Gasteiger partial charge in [-0.25, -0.2) is 0 Å². The number of carbonyl (C=O) groups is 2. The van der Waals surface area contributed by atoms with E-state index in [2.05, 4.69) is 0 Å². The Balaban J connectivity index is 4.06. The fourth-order valence-electron chi connectivity index (χ4n) is 1.86. The number of nitrogens with zero attached hydrogens (tertiary/aromatic N) is 2. The highest BCUT2D eigenvalue weighted by molar-refractivity contribution is 5.76. The number of hydrogen-bond donors (Lipinski definition) is 1. The van der Waals surface area contributed by atoms with Crippen molar-refractivity contribution in [2.24, 2.45) is 0 Å². The summed E-state index contributed by atoms with van der Waals surface area (Å²) in [5.41, 5.74) is 0. The Bertz CT molecular complexity index is 263. The molecule has 1 N–H and O–H groups in total. The van der Waals surface area contributed by atoms with Gasteiger partial charge in [-0.1, -0.05) is 0 Å². The molecule has 0 rings (SSSR count). The molecule has 5 nitrogen and oxygen atoms in total. The van der Waals surface area contributed by atoms with Crippen molar-refractivity contribution in [3.05, 3.63) is 0 Å². The molecule has 0 aliphatic rings. The largest absolute Gasteiger partial charge is 0.480 e. The number of amides is 1. The summed E-state index contributed by atoms with van der Waals surface area (Å²) in [4.78, 5) is 26.1. The topological polar surface area (TPSA) is 60.9 Å². The Labute approximate surface area is 110 Å². The van der Waals surface area contributed by atoms with Gasteiger partial charge in [0, 0.05) is 25.6 Å². The van der Waals surface area contributed by atoms with Crippen LogP contribution in [0.4, 0.5) is 0 Å². The molecule has 0 aliphatic heterocycles. The molecule has 5 heteroatoms. The quantitative estimate of drug-likeness (QED) is 0.679. The van der Waals surface area contributed by atoms with Gasteiger partial charge in [0.15, 0.2) is 0 Å². The van der Waals surface area contributed by atoms with E-state index in [1.165, 1.54) is 0 Å². The second-order valence-corrected chi connectivity index (χ2v) is 4.63. The lowest BCUT2D eigenvalue weighted by molar-refractivity contribution is -0.138. The highest BCUT2D eigenvalue weighted by atomic mass is 16.4. The number of rotatable bonds is 9. The zero-order chi connectivity index (χ0) is 14.1. The van der Waals surface area contributed by atoms with Gasteiger partial charge in [-0.3, -0.25) is 14.5 Å². The van der Waals surface area contributed by atoms with Gasteiger partial charge in [-0.2, -0.15) is 0 Å². The molecule has 0 atom stereocenters. The summed E-state index contributed by atoms with van der Waals surface area (Å²) < 4.78 is 0. The normalized spacial score (nSPS) is 11.0. The SMILES string of the molecule is CCN(CC)C(=O)CCCN(CC(=O)O)C(C)C. The van der Waals surface area contributed by atoms with Crippen LogP contribution in [0.1, 0.15) is 40.5 Å². The van der Waals surface area contributed by atoms with Crippen LogP contribution in [0.15, 0.2) is 0 Å². The van der Waals surface area contributed by atoms with E-state index in [0.29, 0.717) is 19.4 Å². The van der Waals surface area contributed by atoms with Crippen molar-refractivity contribution in [1.82, 2.24) is 9.80 Å². The summed E-state index contributed by atoms with van der Waals surface area (Å²) in [5.74, 6) is -0.669. The third-order valence-electron chi connectivity index (χ3n) is 3.02. The summed E-state index contributed by atoms with van der Waals surface area (Å²) in [6.45, 7) is 10.0. The standard InChI is InChI=1S/C13H26N2O3/c1-5-14(6-2)12(16)8-7-9-15(11(3)4)10-13(17)18/h11H,5-10H2,1-4H3,(H,17,18). The third-order valence-corrected chi connectivity index (χ3v) is 3.02. The fourth-order valence-corrected chi connectivity index (χ4v) is 1.86. The first-order valence-electron chi connectivity index (χ1n) is 6.65. The molecular weight excluding hydrogens is 232 g/mol. The maximum atomic E-state index is 11.8. The van der Waals surface area contributed by atoms with Gasteiger partial charge in [0.25, 0.3) is 0 Å². The summed E-state index contributed by atoms with van der Waals surface area (Å²) in [5, 5.41) is 8.79. The van der Waals surface area contributed by atoms with Gasteiger partial charge in [0.05, 0.1) is 6.54 Å². The Morgan fingerprint density at radius 2 is 1.72 bits per heavy atom. The lowest BCUT2D eigenvalue weighted by Gasteiger charge is -2.25. The van der Waals surface area contributed by atoms with E-state index in [-0.39, 0.29) is 18.5 Å². The van der Waals surface area contributed by atoms with E-state index >= 15 is 0 Å². The summed E-state index contributed by atoms with van der Waals surface area (Å²) >= 11 is 0. The Hall–Kier alpha value is -1.10. The smallest absolute Gasteiger partial charge is 0.317 e. The number of carboxylic acid groups (broad SMARTS) is 1. The summed E-state index contributed by atoms with van der Waals surface area (Å²) in [6.07, 6.45) is 1.20. The van der Waals surface area contributed by atoms with Gasteiger partial charge < -0.3 is 10.0 Å². The van der Waals surface area contributed by atoms with Crippen molar-refractivity contribution >= 4 is 11.9 Å². The predicted molar refractivity (Wildman–Crippen MR) is 71.5 cm³/mol. The van der Waals surface area contributed by atoms with Gasteiger partial charge in [0.1, 0.15) is 0 Å². The first kappa shape index (κ1) is 16.9. The van der Waals surface area contributed by atoms with E-state index in [4.69, 9.17) is 5.11 Å². The first-order valence-corrected chi connectivity index (χ1v) is 6.65. The van der Waals surface area contributed by atoms with Gasteiger partial charge in [-0.05, 0) is 40.7 Å². The van der Waals surface area contributed by atoms with Crippen LogP contribution in [0.3, 0.4) is 0 Å².